The van der Waals surface area contributed by atoms with Gasteiger partial charge >= 0.3 is 0 Å². The fraction of sp³-hybridized carbons (Fsp3) is 0.429. The van der Waals surface area contributed by atoms with E-state index in [1.54, 1.807) is 0 Å². The Bertz CT molecular complexity index is 519. The average Bonchev–Trinajstić information content (AvgIpc) is 3.06. The van der Waals surface area contributed by atoms with E-state index in [2.05, 4.69) is 35.1 Å². The number of hydrogen-bond donors (Lipinski definition) is 2. The first-order valence-corrected chi connectivity index (χ1v) is 7.25. The van der Waals surface area contributed by atoms with Gasteiger partial charge in [0.1, 0.15) is 0 Å². The van der Waals surface area contributed by atoms with Gasteiger partial charge in [-0.1, -0.05) is 18.2 Å². The molecule has 0 radical (unpaired) electrons. The van der Waals surface area contributed by atoms with Crippen molar-refractivity contribution in [2.45, 2.75) is 18.9 Å². The summed E-state index contributed by atoms with van der Waals surface area (Å²) in [6, 6.07) is 8.87. The second kappa shape index (κ2) is 5.36. The largest absolute Gasteiger partial charge is 0.381 e. The topological polar surface area (TPSA) is 47.3 Å². The smallest absolute Gasteiger partial charge is 0.0510 e. The molecular formula is C14H18N2OS. The van der Waals surface area contributed by atoms with E-state index in [1.165, 1.54) is 15.6 Å². The maximum atomic E-state index is 5.71. The lowest BCUT2D eigenvalue weighted by molar-refractivity contribution is 0.176. The highest BCUT2D eigenvalue weighted by molar-refractivity contribution is 7.17. The third-order valence-corrected chi connectivity index (χ3v) is 4.76. The quantitative estimate of drug-likeness (QED) is 0.656. The van der Waals surface area contributed by atoms with E-state index < -0.39 is 0 Å². The normalized spacial score (nSPS) is 21.5. The minimum Gasteiger partial charge on any atom is -0.381 e. The summed E-state index contributed by atoms with van der Waals surface area (Å²) in [4.78, 5) is 0. The number of hydrogen-bond acceptors (Lipinski definition) is 4. The SMILES string of the molecule is NNC(Cc1csc2ccccc12)C1CCOC1. The zero-order valence-corrected chi connectivity index (χ0v) is 11.1. The van der Waals surface area contributed by atoms with Gasteiger partial charge in [-0.15, -0.1) is 11.3 Å². The van der Waals surface area contributed by atoms with Gasteiger partial charge in [-0.25, -0.2) is 0 Å². The summed E-state index contributed by atoms with van der Waals surface area (Å²) in [5.74, 6) is 6.25. The highest BCUT2D eigenvalue weighted by Crippen LogP contribution is 2.28. The summed E-state index contributed by atoms with van der Waals surface area (Å²) < 4.78 is 6.81. The number of rotatable bonds is 4. The van der Waals surface area contributed by atoms with Crippen LogP contribution in [-0.2, 0) is 11.2 Å². The molecule has 3 rings (SSSR count). The zero-order chi connectivity index (χ0) is 12.4. The van der Waals surface area contributed by atoms with E-state index in [-0.39, 0.29) is 0 Å². The van der Waals surface area contributed by atoms with Gasteiger partial charge in [0.2, 0.25) is 0 Å². The van der Waals surface area contributed by atoms with Crippen LogP contribution < -0.4 is 11.3 Å². The Kier molecular flexibility index (Phi) is 3.61. The third kappa shape index (κ3) is 2.29. The molecule has 0 bridgehead atoms. The van der Waals surface area contributed by atoms with Crippen LogP contribution >= 0.6 is 11.3 Å². The summed E-state index contributed by atoms with van der Waals surface area (Å²) in [5.41, 5.74) is 4.37. The molecule has 96 valence electrons. The molecule has 18 heavy (non-hydrogen) atoms. The lowest BCUT2D eigenvalue weighted by Gasteiger charge is -2.21. The van der Waals surface area contributed by atoms with Crippen molar-refractivity contribution in [2.24, 2.45) is 11.8 Å². The van der Waals surface area contributed by atoms with Crippen LogP contribution in [0.3, 0.4) is 0 Å². The minimum atomic E-state index is 0.311. The first-order chi connectivity index (χ1) is 8.88. The first-order valence-electron chi connectivity index (χ1n) is 6.37. The van der Waals surface area contributed by atoms with Crippen molar-refractivity contribution in [1.82, 2.24) is 5.43 Å². The van der Waals surface area contributed by atoms with E-state index in [1.807, 2.05) is 11.3 Å². The number of benzene rings is 1. The van der Waals surface area contributed by atoms with Crippen molar-refractivity contribution < 1.29 is 4.74 Å². The van der Waals surface area contributed by atoms with Gasteiger partial charge in [-0.2, -0.15) is 0 Å². The summed E-state index contributed by atoms with van der Waals surface area (Å²) in [6.45, 7) is 1.70. The van der Waals surface area contributed by atoms with Crippen LogP contribution in [0.4, 0.5) is 0 Å². The van der Waals surface area contributed by atoms with Crippen LogP contribution in [0.2, 0.25) is 0 Å². The van der Waals surface area contributed by atoms with Gasteiger partial charge in [0.05, 0.1) is 6.61 Å². The van der Waals surface area contributed by atoms with E-state index in [9.17, 15) is 0 Å². The van der Waals surface area contributed by atoms with Gasteiger partial charge in [0, 0.05) is 23.3 Å². The Morgan fingerprint density at radius 3 is 3.11 bits per heavy atom. The molecule has 3 nitrogen and oxygen atoms in total. The molecule has 1 fully saturated rings. The molecule has 3 N–H and O–H groups in total. The van der Waals surface area contributed by atoms with E-state index >= 15 is 0 Å². The maximum Gasteiger partial charge on any atom is 0.0510 e. The predicted octanol–water partition coefficient (Wildman–Crippen LogP) is 2.31. The van der Waals surface area contributed by atoms with Gasteiger partial charge in [-0.05, 0) is 35.2 Å². The molecule has 2 unspecified atom stereocenters. The van der Waals surface area contributed by atoms with Crippen molar-refractivity contribution in [1.29, 1.82) is 0 Å². The molecular weight excluding hydrogens is 244 g/mol. The molecule has 2 atom stereocenters. The predicted molar refractivity (Wildman–Crippen MR) is 75.6 cm³/mol. The van der Waals surface area contributed by atoms with Crippen molar-refractivity contribution in [3.8, 4) is 0 Å². The van der Waals surface area contributed by atoms with Gasteiger partial charge < -0.3 is 4.74 Å². The lowest BCUT2D eigenvalue weighted by atomic mass is 9.93. The Hall–Kier alpha value is -0.940. The number of nitrogens with two attached hydrogens (primary N) is 1. The van der Waals surface area contributed by atoms with Crippen molar-refractivity contribution in [3.05, 3.63) is 35.2 Å². The fourth-order valence-corrected chi connectivity index (χ4v) is 3.64. The molecule has 1 aromatic carbocycles. The van der Waals surface area contributed by atoms with E-state index in [4.69, 9.17) is 10.6 Å². The third-order valence-electron chi connectivity index (χ3n) is 3.75. The van der Waals surface area contributed by atoms with Gasteiger partial charge in [0.15, 0.2) is 0 Å². The summed E-state index contributed by atoms with van der Waals surface area (Å²) in [7, 11) is 0. The molecule has 1 aromatic heterocycles. The first kappa shape index (κ1) is 12.1. The summed E-state index contributed by atoms with van der Waals surface area (Å²) in [5, 5.41) is 3.62. The molecule has 0 saturated carbocycles. The molecule has 1 aliphatic heterocycles. The highest BCUT2D eigenvalue weighted by Gasteiger charge is 2.25. The van der Waals surface area contributed by atoms with Crippen molar-refractivity contribution in [3.63, 3.8) is 0 Å². The number of thiophene rings is 1. The van der Waals surface area contributed by atoms with E-state index in [0.717, 1.165) is 26.1 Å². The van der Waals surface area contributed by atoms with Crippen molar-refractivity contribution in [2.75, 3.05) is 13.2 Å². The van der Waals surface area contributed by atoms with Crippen molar-refractivity contribution >= 4 is 21.4 Å². The molecule has 0 aliphatic carbocycles. The van der Waals surface area contributed by atoms with Gasteiger partial charge in [-0.3, -0.25) is 11.3 Å². The summed E-state index contributed by atoms with van der Waals surface area (Å²) >= 11 is 1.81. The number of fused-ring (bicyclic) bond motifs is 1. The van der Waals surface area contributed by atoms with E-state index in [0.29, 0.717) is 12.0 Å². The minimum absolute atomic E-state index is 0.311. The average molecular weight is 262 g/mol. The van der Waals surface area contributed by atoms with Crippen LogP contribution in [0.15, 0.2) is 29.6 Å². The van der Waals surface area contributed by atoms with Crippen LogP contribution in [0, 0.1) is 5.92 Å². The molecule has 4 heteroatoms. The number of ether oxygens (including phenoxy) is 1. The van der Waals surface area contributed by atoms with Crippen LogP contribution in [0.5, 0.6) is 0 Å². The fourth-order valence-electron chi connectivity index (χ4n) is 2.66. The highest BCUT2D eigenvalue weighted by atomic mass is 32.1. The lowest BCUT2D eigenvalue weighted by Crippen LogP contribution is -2.42. The molecule has 2 heterocycles. The molecule has 0 amide bonds. The molecule has 1 saturated heterocycles. The Labute approximate surface area is 111 Å². The van der Waals surface area contributed by atoms with Crippen LogP contribution in [-0.4, -0.2) is 19.3 Å². The number of nitrogens with one attached hydrogen (secondary N) is 1. The molecule has 2 aromatic rings. The Morgan fingerprint density at radius 2 is 2.33 bits per heavy atom. The Balaban J connectivity index is 1.81. The second-order valence-electron chi connectivity index (χ2n) is 4.86. The molecule has 0 spiro atoms. The maximum absolute atomic E-state index is 5.71. The number of hydrazine groups is 1. The van der Waals surface area contributed by atoms with Crippen LogP contribution in [0.1, 0.15) is 12.0 Å². The molecule has 1 aliphatic rings. The summed E-state index contributed by atoms with van der Waals surface area (Å²) in [6.07, 6.45) is 2.09. The zero-order valence-electron chi connectivity index (χ0n) is 10.3. The standard InChI is InChI=1S/C14H18N2OS/c15-16-13(10-5-6-17-8-10)7-11-9-18-14-4-2-1-3-12(11)14/h1-4,9-10,13,16H,5-8,15H2. The van der Waals surface area contributed by atoms with Crippen LogP contribution in [0.25, 0.3) is 10.1 Å². The second-order valence-corrected chi connectivity index (χ2v) is 5.77. The monoisotopic (exact) mass is 262 g/mol. The Morgan fingerprint density at radius 1 is 1.44 bits per heavy atom. The van der Waals surface area contributed by atoms with Gasteiger partial charge in [0.25, 0.3) is 0 Å².